The van der Waals surface area contributed by atoms with Crippen molar-refractivity contribution < 1.29 is 28.9 Å². The zero-order valence-corrected chi connectivity index (χ0v) is 29.1. The third-order valence-corrected chi connectivity index (χ3v) is 11.5. The van der Waals surface area contributed by atoms with Crippen LogP contribution in [0.3, 0.4) is 0 Å². The number of allylic oxidation sites excluding steroid dienone is 2. The Morgan fingerprint density at radius 3 is 2.30 bits per heavy atom. The number of aryl methyl sites for hydroxylation is 2. The first kappa shape index (κ1) is 33.5. The van der Waals surface area contributed by atoms with Crippen molar-refractivity contribution in [2.75, 3.05) is 28.4 Å². The van der Waals surface area contributed by atoms with Crippen molar-refractivity contribution in [3.05, 3.63) is 84.6 Å². The molecular weight excluding hydrogens is 695 g/mol. The molecular formula is C33H32Cl2N6O9. The lowest BCUT2D eigenvalue weighted by molar-refractivity contribution is -0.137. The van der Waals surface area contributed by atoms with Gasteiger partial charge in [0, 0.05) is 57.1 Å². The van der Waals surface area contributed by atoms with Crippen molar-refractivity contribution in [3.63, 3.8) is 0 Å². The van der Waals surface area contributed by atoms with E-state index in [-0.39, 0.29) is 48.7 Å². The van der Waals surface area contributed by atoms with Gasteiger partial charge in [-0.15, -0.1) is 23.2 Å². The molecule has 0 unspecified atom stereocenters. The minimum atomic E-state index is -2.11. The average Bonchev–Trinajstić information content (AvgIpc) is 3.42. The summed E-state index contributed by atoms with van der Waals surface area (Å²) in [6, 6.07) is 6.75. The molecule has 1 aliphatic carbocycles. The van der Waals surface area contributed by atoms with E-state index in [0.29, 0.717) is 28.1 Å². The largest absolute Gasteiger partial charge is 0.508 e. The van der Waals surface area contributed by atoms with Gasteiger partial charge in [-0.1, -0.05) is 12.1 Å². The fourth-order valence-electron chi connectivity index (χ4n) is 7.65. The van der Waals surface area contributed by atoms with Gasteiger partial charge in [-0.05, 0) is 17.7 Å². The van der Waals surface area contributed by atoms with Crippen LogP contribution in [0.1, 0.15) is 29.6 Å². The number of aromatic nitrogens is 5. The smallest absolute Gasteiger partial charge is 0.347 e. The number of carbonyl (C=O) groups is 2. The maximum atomic E-state index is 14.2. The van der Waals surface area contributed by atoms with Crippen LogP contribution in [0.15, 0.2) is 56.4 Å². The number of hydrogen-bond acceptors (Lipinski definition) is 10. The van der Waals surface area contributed by atoms with Crippen LogP contribution in [0, 0.1) is 0 Å². The van der Waals surface area contributed by atoms with Gasteiger partial charge in [-0.2, -0.15) is 0 Å². The summed E-state index contributed by atoms with van der Waals surface area (Å²) in [4.78, 5) is 70.0. The van der Waals surface area contributed by atoms with Gasteiger partial charge in [0.15, 0.2) is 21.2 Å². The molecule has 4 aromatic rings. The van der Waals surface area contributed by atoms with Crippen molar-refractivity contribution in [2.24, 2.45) is 7.05 Å². The van der Waals surface area contributed by atoms with Crippen molar-refractivity contribution in [3.8, 4) is 23.0 Å². The summed E-state index contributed by atoms with van der Waals surface area (Å²) in [6.07, 6.45) is 1.28. The standard InChI is InChI=1S/C33H32Cl2N6O9/c1-37-19-14-24(50-5)23(49-4)13-18(19)36-17(27(37)43)10-11-39-30(46)40-12-9-16-20(41(40)31(39)47)15-32(34)28(44)38(2)29(45)33(32,35)26(16)25-21(42)7-6-8-22(25)48-3/h6-9,13-14,20,26,42H,10-12,15H2,1-5H3/t20-,26-,32-,33+/m1/s1. The third kappa shape index (κ3) is 4.28. The van der Waals surface area contributed by atoms with Gasteiger partial charge in [0.05, 0.1) is 44.9 Å². The molecule has 2 fully saturated rings. The first-order valence-electron chi connectivity index (χ1n) is 15.5. The van der Waals surface area contributed by atoms with Gasteiger partial charge in [-0.25, -0.2) is 28.5 Å². The third-order valence-electron chi connectivity index (χ3n) is 10.1. The number of ether oxygens (including phenoxy) is 3. The number of imide groups is 1. The van der Waals surface area contributed by atoms with E-state index < -0.39 is 50.5 Å². The van der Waals surface area contributed by atoms with E-state index in [1.807, 2.05) is 0 Å². The molecule has 15 nitrogen and oxygen atoms in total. The topological polar surface area (TPSA) is 169 Å². The zero-order valence-electron chi connectivity index (χ0n) is 27.6. The van der Waals surface area contributed by atoms with Crippen molar-refractivity contribution in [2.45, 2.75) is 47.6 Å². The highest BCUT2D eigenvalue weighted by Gasteiger charge is 2.75. The summed E-state index contributed by atoms with van der Waals surface area (Å²) in [5, 5.41) is 11.1. The van der Waals surface area contributed by atoms with Crippen LogP contribution in [-0.2, 0) is 36.1 Å². The molecule has 1 N–H and O–H groups in total. The summed E-state index contributed by atoms with van der Waals surface area (Å²) >= 11 is 14.4. The second-order valence-electron chi connectivity index (χ2n) is 12.4. The Bertz CT molecular complexity index is 2360. The molecule has 2 aliphatic heterocycles. The highest BCUT2D eigenvalue weighted by Crippen LogP contribution is 2.65. The maximum absolute atomic E-state index is 14.2. The summed E-state index contributed by atoms with van der Waals surface area (Å²) < 4.78 is 21.1. The number of hydrogen-bond donors (Lipinski definition) is 1. The predicted molar refractivity (Wildman–Crippen MR) is 181 cm³/mol. The van der Waals surface area contributed by atoms with Crippen LogP contribution in [0.2, 0.25) is 0 Å². The van der Waals surface area contributed by atoms with Crippen molar-refractivity contribution in [1.29, 1.82) is 0 Å². The Labute approximate surface area is 293 Å². The van der Waals surface area contributed by atoms with Crippen LogP contribution in [0.5, 0.6) is 23.0 Å². The minimum absolute atomic E-state index is 0.0687. The number of benzene rings is 2. The number of alkyl halides is 2. The Hall–Kier alpha value is -5.02. The molecule has 1 saturated heterocycles. The molecule has 0 radical (unpaired) electrons. The molecule has 4 atom stereocenters. The number of methoxy groups -OCH3 is 3. The van der Waals surface area contributed by atoms with E-state index in [1.54, 1.807) is 37.4 Å². The van der Waals surface area contributed by atoms with E-state index in [9.17, 15) is 29.1 Å². The lowest BCUT2D eigenvalue weighted by Gasteiger charge is -2.49. The Morgan fingerprint density at radius 2 is 1.62 bits per heavy atom. The van der Waals surface area contributed by atoms with Crippen molar-refractivity contribution in [1.82, 2.24) is 28.4 Å². The number of phenolic OH excluding ortho intramolecular Hbond substituents is 1. The van der Waals surface area contributed by atoms with Crippen LogP contribution in [-0.4, -0.2) is 83.4 Å². The molecule has 2 aromatic carbocycles. The summed E-state index contributed by atoms with van der Waals surface area (Å²) in [6.45, 7) is -0.298. The summed E-state index contributed by atoms with van der Waals surface area (Å²) in [5.41, 5.74) is -0.253. The summed E-state index contributed by atoms with van der Waals surface area (Å²) in [5.74, 6) is -2.05. The lowest BCUT2D eigenvalue weighted by Crippen LogP contribution is -2.59. The number of phenols is 1. The number of rotatable bonds is 7. The second kappa shape index (κ2) is 11.5. The quantitative estimate of drug-likeness (QED) is 0.168. The van der Waals surface area contributed by atoms with Gasteiger partial charge in [0.25, 0.3) is 17.4 Å². The highest BCUT2D eigenvalue weighted by atomic mass is 35.5. The van der Waals surface area contributed by atoms with E-state index >= 15 is 0 Å². The fraction of sp³-hybridized carbons (Fsp3) is 0.394. The van der Waals surface area contributed by atoms with Crippen LogP contribution >= 0.6 is 23.2 Å². The lowest BCUT2D eigenvalue weighted by atomic mass is 9.64. The van der Waals surface area contributed by atoms with Gasteiger partial charge < -0.3 is 23.9 Å². The molecule has 17 heteroatoms. The van der Waals surface area contributed by atoms with Gasteiger partial charge in [0.2, 0.25) is 0 Å². The first-order valence-corrected chi connectivity index (χ1v) is 16.3. The molecule has 4 heterocycles. The van der Waals surface area contributed by atoms with Crippen molar-refractivity contribution >= 4 is 46.0 Å². The van der Waals surface area contributed by atoms with Gasteiger partial charge >= 0.3 is 11.4 Å². The molecule has 7 rings (SSSR count). The van der Waals surface area contributed by atoms with Gasteiger partial charge in [-0.3, -0.25) is 19.3 Å². The fourth-order valence-corrected chi connectivity index (χ4v) is 8.64. The summed E-state index contributed by atoms with van der Waals surface area (Å²) in [7, 11) is 7.19. The second-order valence-corrected chi connectivity index (χ2v) is 13.7. The van der Waals surface area contributed by atoms with Crippen LogP contribution < -0.4 is 31.1 Å². The number of amides is 2. The number of carbonyl (C=O) groups excluding carboxylic acids is 2. The molecule has 2 amide bonds. The SMILES string of the molecule is COc1cc2nc(CCn3c(=O)n4n(c3=O)[C@@H]3C[C@@]5(Cl)C(=O)N(C)C(=O)[C@@]5(Cl)[C@@H](c5c(O)cccc5OC)C3=CC4)c(=O)n(C)c2cc1OC. The normalized spacial score (nSPS) is 24.1. The first-order chi connectivity index (χ1) is 23.7. The molecule has 1 saturated carbocycles. The van der Waals surface area contributed by atoms with Gasteiger partial charge in [0.1, 0.15) is 17.2 Å². The Balaban J connectivity index is 1.33. The Morgan fingerprint density at radius 1 is 0.940 bits per heavy atom. The maximum Gasteiger partial charge on any atom is 0.347 e. The number of likely N-dealkylation sites (tertiary alicyclic amines) is 1. The molecule has 262 valence electrons. The molecule has 50 heavy (non-hydrogen) atoms. The highest BCUT2D eigenvalue weighted by molar-refractivity contribution is 6.53. The number of aromatic hydroxyl groups is 1. The molecule has 3 aliphatic rings. The Kier molecular flexibility index (Phi) is 7.71. The van der Waals surface area contributed by atoms with E-state index in [1.165, 1.54) is 48.4 Å². The van der Waals surface area contributed by atoms with E-state index in [4.69, 9.17) is 37.4 Å². The minimum Gasteiger partial charge on any atom is -0.508 e. The molecule has 0 spiro atoms. The number of halogens is 2. The van der Waals surface area contributed by atoms with E-state index in [2.05, 4.69) is 4.98 Å². The van der Waals surface area contributed by atoms with Crippen LogP contribution in [0.4, 0.5) is 0 Å². The molecule has 2 aromatic heterocycles. The number of nitrogens with zero attached hydrogens (tertiary/aromatic N) is 6. The number of fused-ring (bicyclic) bond motifs is 5. The predicted octanol–water partition coefficient (Wildman–Crippen LogP) is 1.65. The van der Waals surface area contributed by atoms with E-state index in [0.717, 1.165) is 9.47 Å². The molecule has 0 bridgehead atoms. The zero-order chi connectivity index (χ0) is 36.0. The van der Waals surface area contributed by atoms with Crippen LogP contribution in [0.25, 0.3) is 11.0 Å². The average molecular weight is 728 g/mol. The monoisotopic (exact) mass is 726 g/mol.